The van der Waals surface area contributed by atoms with Crippen LogP contribution in [0.2, 0.25) is 0 Å². The second-order valence-electron chi connectivity index (χ2n) is 6.57. The van der Waals surface area contributed by atoms with E-state index in [2.05, 4.69) is 5.32 Å². The Morgan fingerprint density at radius 2 is 1.88 bits per heavy atom. The number of rotatable bonds is 6. The summed E-state index contributed by atoms with van der Waals surface area (Å²) in [4.78, 5) is 12.4. The van der Waals surface area contributed by atoms with Crippen LogP contribution in [0.5, 0.6) is 0 Å². The molecule has 2 aromatic rings. The molecule has 0 aliphatic carbocycles. The first-order valence-corrected chi connectivity index (χ1v) is 9.89. The van der Waals surface area contributed by atoms with E-state index in [1.54, 1.807) is 12.1 Å². The molecule has 26 heavy (non-hydrogen) atoms. The molecule has 0 spiro atoms. The molecule has 3 rings (SSSR count). The first kappa shape index (κ1) is 18.6. The van der Waals surface area contributed by atoms with Crippen LogP contribution in [0.15, 0.2) is 52.0 Å². The molecule has 140 valence electrons. The van der Waals surface area contributed by atoms with Crippen molar-refractivity contribution in [2.24, 2.45) is 0 Å². The van der Waals surface area contributed by atoms with E-state index in [9.17, 15) is 18.3 Å². The summed E-state index contributed by atoms with van der Waals surface area (Å²) in [5.74, 6) is -0.0493. The lowest BCUT2D eigenvalue weighted by Crippen LogP contribution is -2.38. The van der Waals surface area contributed by atoms with Gasteiger partial charge in [0.1, 0.15) is 11.4 Å². The summed E-state index contributed by atoms with van der Waals surface area (Å²) in [6.45, 7) is 2.57. The summed E-state index contributed by atoms with van der Waals surface area (Å²) in [7, 11) is -3.50. The molecule has 1 aromatic carbocycles. The van der Waals surface area contributed by atoms with Gasteiger partial charge in [0.2, 0.25) is 10.0 Å². The van der Waals surface area contributed by atoms with Crippen molar-refractivity contribution in [1.82, 2.24) is 9.62 Å². The molecule has 0 unspecified atom stereocenters. The van der Waals surface area contributed by atoms with Gasteiger partial charge in [-0.3, -0.25) is 4.79 Å². The van der Waals surface area contributed by atoms with Gasteiger partial charge in [-0.1, -0.05) is 0 Å². The Hall–Kier alpha value is -2.16. The van der Waals surface area contributed by atoms with E-state index in [1.165, 1.54) is 41.8 Å². The van der Waals surface area contributed by atoms with Gasteiger partial charge in [0.25, 0.3) is 5.91 Å². The smallest absolute Gasteiger partial charge is 0.251 e. The van der Waals surface area contributed by atoms with Crippen LogP contribution in [0.25, 0.3) is 0 Å². The Kier molecular flexibility index (Phi) is 5.17. The molecule has 0 radical (unpaired) electrons. The minimum Gasteiger partial charge on any atom is -0.466 e. The molecule has 0 bridgehead atoms. The zero-order valence-electron chi connectivity index (χ0n) is 14.5. The number of amides is 1. The van der Waals surface area contributed by atoms with Crippen LogP contribution in [-0.2, 0) is 15.6 Å². The van der Waals surface area contributed by atoms with Crippen LogP contribution in [0, 0.1) is 0 Å². The fourth-order valence-corrected chi connectivity index (χ4v) is 4.40. The molecule has 2 heterocycles. The lowest BCUT2D eigenvalue weighted by atomic mass is 10.0. The van der Waals surface area contributed by atoms with Crippen molar-refractivity contribution in [2.75, 3.05) is 19.6 Å². The highest BCUT2D eigenvalue weighted by Gasteiger charge is 2.28. The molecule has 1 aliphatic heterocycles. The number of carbonyl (C=O) groups excluding carboxylic acids is 1. The van der Waals surface area contributed by atoms with Crippen molar-refractivity contribution < 1.29 is 22.7 Å². The highest BCUT2D eigenvalue weighted by atomic mass is 32.2. The van der Waals surface area contributed by atoms with Crippen LogP contribution in [-0.4, -0.2) is 43.4 Å². The maximum atomic E-state index is 12.5. The number of carbonyl (C=O) groups is 1. The van der Waals surface area contributed by atoms with Crippen molar-refractivity contribution in [1.29, 1.82) is 0 Å². The lowest BCUT2D eigenvalue weighted by Gasteiger charge is -2.21. The van der Waals surface area contributed by atoms with Crippen LogP contribution in [0.3, 0.4) is 0 Å². The highest BCUT2D eigenvalue weighted by molar-refractivity contribution is 7.89. The highest BCUT2D eigenvalue weighted by Crippen LogP contribution is 2.22. The predicted octanol–water partition coefficient (Wildman–Crippen LogP) is 1.70. The van der Waals surface area contributed by atoms with Gasteiger partial charge in [-0.2, -0.15) is 4.31 Å². The van der Waals surface area contributed by atoms with E-state index in [4.69, 9.17) is 4.42 Å². The van der Waals surface area contributed by atoms with Gasteiger partial charge in [0.15, 0.2) is 0 Å². The zero-order chi connectivity index (χ0) is 18.8. The van der Waals surface area contributed by atoms with Gasteiger partial charge >= 0.3 is 0 Å². The molecular weight excluding hydrogens is 356 g/mol. The summed E-state index contributed by atoms with van der Waals surface area (Å²) < 4.78 is 31.6. The summed E-state index contributed by atoms with van der Waals surface area (Å²) in [6.07, 6.45) is 3.19. The molecule has 0 saturated carbocycles. The van der Waals surface area contributed by atoms with E-state index in [-0.39, 0.29) is 11.4 Å². The van der Waals surface area contributed by atoms with E-state index in [0.717, 1.165) is 12.8 Å². The summed E-state index contributed by atoms with van der Waals surface area (Å²) in [6, 6.07) is 9.11. The quantitative estimate of drug-likeness (QED) is 0.797. The SMILES string of the molecule is C[C@@](O)(CNC(=O)c1ccc(S(=O)(=O)N2CCCC2)cc1)c1ccco1. The molecule has 1 aromatic heterocycles. The van der Waals surface area contributed by atoms with E-state index < -0.39 is 21.5 Å². The third-order valence-electron chi connectivity index (χ3n) is 4.46. The molecule has 8 heteroatoms. The van der Waals surface area contributed by atoms with E-state index >= 15 is 0 Å². The van der Waals surface area contributed by atoms with E-state index in [0.29, 0.717) is 24.4 Å². The van der Waals surface area contributed by atoms with Gasteiger partial charge in [-0.25, -0.2) is 8.42 Å². The molecule has 1 saturated heterocycles. The fourth-order valence-electron chi connectivity index (χ4n) is 2.88. The molecular formula is C18H22N2O5S. The number of nitrogens with zero attached hydrogens (tertiary/aromatic N) is 1. The summed E-state index contributed by atoms with van der Waals surface area (Å²) in [5, 5.41) is 13.0. The first-order valence-electron chi connectivity index (χ1n) is 8.45. The molecule has 7 nitrogen and oxygen atoms in total. The Morgan fingerprint density at radius 1 is 1.23 bits per heavy atom. The van der Waals surface area contributed by atoms with E-state index in [1.807, 2.05) is 0 Å². The van der Waals surface area contributed by atoms with Gasteiger partial charge in [0, 0.05) is 18.7 Å². The average Bonchev–Trinajstić information content (AvgIpc) is 3.33. The largest absolute Gasteiger partial charge is 0.466 e. The normalized spacial score (nSPS) is 17.8. The maximum absolute atomic E-state index is 12.5. The number of sulfonamides is 1. The predicted molar refractivity (Wildman–Crippen MR) is 95.0 cm³/mol. The lowest BCUT2D eigenvalue weighted by molar-refractivity contribution is 0.0330. The third kappa shape index (κ3) is 3.82. The zero-order valence-corrected chi connectivity index (χ0v) is 15.3. The van der Waals surface area contributed by atoms with Crippen LogP contribution in [0.4, 0.5) is 0 Å². The molecule has 1 atom stereocenters. The number of benzene rings is 1. The molecule has 1 amide bonds. The van der Waals surface area contributed by atoms with Crippen LogP contribution < -0.4 is 5.32 Å². The second-order valence-corrected chi connectivity index (χ2v) is 8.51. The van der Waals surface area contributed by atoms with Gasteiger partial charge in [-0.15, -0.1) is 0 Å². The van der Waals surface area contributed by atoms with Crippen molar-refractivity contribution in [3.8, 4) is 0 Å². The van der Waals surface area contributed by atoms with Gasteiger partial charge < -0.3 is 14.8 Å². The Bertz CT molecular complexity index is 851. The van der Waals surface area contributed by atoms with Crippen LogP contribution >= 0.6 is 0 Å². The van der Waals surface area contributed by atoms with Crippen molar-refractivity contribution in [2.45, 2.75) is 30.3 Å². The van der Waals surface area contributed by atoms with Crippen molar-refractivity contribution in [3.05, 3.63) is 54.0 Å². The van der Waals surface area contributed by atoms with Gasteiger partial charge in [0.05, 0.1) is 17.7 Å². The number of furan rings is 1. The number of hydrogen-bond acceptors (Lipinski definition) is 5. The Labute approximate surface area is 152 Å². The minimum atomic E-state index is -3.50. The first-order chi connectivity index (χ1) is 12.3. The maximum Gasteiger partial charge on any atom is 0.251 e. The topological polar surface area (TPSA) is 99.8 Å². The molecule has 2 N–H and O–H groups in total. The summed E-state index contributed by atoms with van der Waals surface area (Å²) in [5.41, 5.74) is -1.02. The molecule has 1 aliphatic rings. The number of aliphatic hydroxyl groups is 1. The van der Waals surface area contributed by atoms with Gasteiger partial charge in [-0.05, 0) is 56.2 Å². The third-order valence-corrected chi connectivity index (χ3v) is 6.38. The second kappa shape index (κ2) is 7.22. The van der Waals surface area contributed by atoms with Crippen molar-refractivity contribution >= 4 is 15.9 Å². The average molecular weight is 378 g/mol. The monoisotopic (exact) mass is 378 g/mol. The Morgan fingerprint density at radius 3 is 2.46 bits per heavy atom. The molecule has 1 fully saturated rings. The summed E-state index contributed by atoms with van der Waals surface area (Å²) >= 11 is 0. The van der Waals surface area contributed by atoms with Crippen LogP contribution in [0.1, 0.15) is 35.9 Å². The minimum absolute atomic E-state index is 0.0345. The number of nitrogens with one attached hydrogen (secondary N) is 1. The number of hydrogen-bond donors (Lipinski definition) is 2. The fraction of sp³-hybridized carbons (Fsp3) is 0.389. The standard InChI is InChI=1S/C18H22N2O5S/c1-18(22,16-5-4-12-25-16)13-19-17(21)14-6-8-15(9-7-14)26(23,24)20-10-2-3-11-20/h4-9,12,22H,2-3,10-11,13H2,1H3,(H,19,21)/t18-/m1/s1. The van der Waals surface area contributed by atoms with Crippen molar-refractivity contribution in [3.63, 3.8) is 0 Å². The Balaban J connectivity index is 1.65.